The number of benzene rings is 1. The van der Waals surface area contributed by atoms with Crippen molar-refractivity contribution in [1.29, 1.82) is 0 Å². The van der Waals surface area contributed by atoms with Crippen molar-refractivity contribution < 1.29 is 22.8 Å². The standard InChI is InChI=1S/C18H14F3NO2/c19-18(20,21)9-2-1-3-10(8-9)22-15(23)13-11-4-5-12(14(13)16(22)24)17(11)6-7-17/h1-5,8,11-14H,6-7H2/t11-,12-,13-,14-/m1/s1. The predicted octanol–water partition coefficient (Wildman–Crippen LogP) is 3.41. The summed E-state index contributed by atoms with van der Waals surface area (Å²) in [6, 6.07) is 4.47. The van der Waals surface area contributed by atoms with Gasteiger partial charge in [0.05, 0.1) is 23.1 Å². The number of nitrogens with zero attached hydrogens (tertiary/aromatic N) is 1. The number of hydrogen-bond donors (Lipinski definition) is 0. The first-order valence-corrected chi connectivity index (χ1v) is 8.08. The van der Waals surface area contributed by atoms with Crippen LogP contribution in [0.4, 0.5) is 18.9 Å². The van der Waals surface area contributed by atoms with Gasteiger partial charge < -0.3 is 0 Å². The zero-order chi connectivity index (χ0) is 16.9. The molecule has 1 heterocycles. The van der Waals surface area contributed by atoms with Crippen LogP contribution in [0.5, 0.6) is 0 Å². The average Bonchev–Trinajstić information content (AvgIpc) is 3.12. The largest absolute Gasteiger partial charge is 0.416 e. The fourth-order valence-electron chi connectivity index (χ4n) is 5.15. The molecule has 0 radical (unpaired) electrons. The van der Waals surface area contributed by atoms with Crippen molar-refractivity contribution in [3.05, 3.63) is 42.0 Å². The number of imide groups is 1. The van der Waals surface area contributed by atoms with Crippen molar-refractivity contribution in [3.63, 3.8) is 0 Å². The molecule has 1 aromatic carbocycles. The molecule has 2 bridgehead atoms. The Bertz CT molecular complexity index is 775. The summed E-state index contributed by atoms with van der Waals surface area (Å²) in [5, 5.41) is 0. The highest BCUT2D eigenvalue weighted by Crippen LogP contribution is 2.73. The van der Waals surface area contributed by atoms with Crippen LogP contribution in [-0.2, 0) is 15.8 Å². The Labute approximate surface area is 136 Å². The molecule has 1 aromatic rings. The molecular formula is C18H14F3NO2. The maximum Gasteiger partial charge on any atom is 0.416 e. The Kier molecular flexibility index (Phi) is 2.44. The molecule has 2 saturated carbocycles. The summed E-state index contributed by atoms with van der Waals surface area (Å²) < 4.78 is 38.8. The van der Waals surface area contributed by atoms with E-state index in [2.05, 4.69) is 0 Å². The second-order valence-electron chi connectivity index (χ2n) is 7.28. The van der Waals surface area contributed by atoms with E-state index in [4.69, 9.17) is 0 Å². The molecule has 2 amide bonds. The summed E-state index contributed by atoms with van der Waals surface area (Å²) in [5.41, 5.74) is -0.739. The predicted molar refractivity (Wildman–Crippen MR) is 78.7 cm³/mol. The zero-order valence-electron chi connectivity index (χ0n) is 12.6. The molecule has 0 N–H and O–H groups in total. The van der Waals surface area contributed by atoms with E-state index in [0.29, 0.717) is 0 Å². The maximum absolute atomic E-state index is 12.9. The van der Waals surface area contributed by atoms with E-state index in [0.717, 1.165) is 29.9 Å². The third-order valence-electron chi connectivity index (χ3n) is 6.28. The second-order valence-corrected chi connectivity index (χ2v) is 7.28. The summed E-state index contributed by atoms with van der Waals surface area (Å²) in [7, 11) is 0. The van der Waals surface area contributed by atoms with E-state index in [1.54, 1.807) is 0 Å². The molecule has 6 heteroatoms. The molecule has 1 saturated heterocycles. The molecular weight excluding hydrogens is 319 g/mol. The van der Waals surface area contributed by atoms with Crippen LogP contribution < -0.4 is 4.90 Å². The van der Waals surface area contributed by atoms with Crippen molar-refractivity contribution in [2.45, 2.75) is 19.0 Å². The second kappa shape index (κ2) is 4.10. The first-order valence-electron chi connectivity index (χ1n) is 8.08. The zero-order valence-corrected chi connectivity index (χ0v) is 12.6. The Hall–Kier alpha value is -2.11. The molecule has 4 atom stereocenters. The number of rotatable bonds is 1. The number of allylic oxidation sites excluding steroid dienone is 2. The highest BCUT2D eigenvalue weighted by molar-refractivity contribution is 6.23. The molecule has 24 heavy (non-hydrogen) atoms. The minimum absolute atomic E-state index is 0.0264. The van der Waals surface area contributed by atoms with Crippen molar-refractivity contribution in [2.75, 3.05) is 4.90 Å². The SMILES string of the molecule is O=C1[C@H]2[C@H](C(=O)N1c1cccc(C(F)(F)F)c1)[C@H]1C=C[C@H]2C12CC2. The van der Waals surface area contributed by atoms with Crippen molar-refractivity contribution >= 4 is 17.5 Å². The average molecular weight is 333 g/mol. The highest BCUT2D eigenvalue weighted by Gasteiger charge is 2.73. The molecule has 4 aliphatic rings. The number of carbonyl (C=O) groups excluding carboxylic acids is 2. The monoisotopic (exact) mass is 333 g/mol. The molecule has 0 aromatic heterocycles. The van der Waals surface area contributed by atoms with E-state index in [9.17, 15) is 22.8 Å². The molecule has 124 valence electrons. The molecule has 3 nitrogen and oxygen atoms in total. The normalized spacial score (nSPS) is 35.2. The van der Waals surface area contributed by atoms with Crippen LogP contribution in [0, 0.1) is 29.1 Å². The third-order valence-corrected chi connectivity index (χ3v) is 6.28. The molecule has 1 spiro atoms. The fourth-order valence-corrected chi connectivity index (χ4v) is 5.15. The van der Waals surface area contributed by atoms with E-state index in [-0.39, 0.29) is 34.8 Å². The number of anilines is 1. The van der Waals surface area contributed by atoms with Crippen LogP contribution in [-0.4, -0.2) is 11.8 Å². The van der Waals surface area contributed by atoms with Gasteiger partial charge in [-0.1, -0.05) is 18.2 Å². The van der Waals surface area contributed by atoms with Crippen LogP contribution in [0.2, 0.25) is 0 Å². The molecule has 5 rings (SSSR count). The Morgan fingerprint density at radius 1 is 1.00 bits per heavy atom. The Morgan fingerprint density at radius 2 is 1.58 bits per heavy atom. The van der Waals surface area contributed by atoms with Gasteiger partial charge in [-0.3, -0.25) is 14.5 Å². The van der Waals surface area contributed by atoms with Crippen molar-refractivity contribution in [3.8, 4) is 0 Å². The summed E-state index contributed by atoms with van der Waals surface area (Å²) in [6.07, 6.45) is 1.65. The van der Waals surface area contributed by atoms with E-state index in [1.165, 1.54) is 12.1 Å². The lowest BCUT2D eigenvalue weighted by Gasteiger charge is -2.22. The van der Waals surface area contributed by atoms with Gasteiger partial charge in [-0.25, -0.2) is 0 Å². The Balaban J connectivity index is 1.54. The number of halogens is 3. The maximum atomic E-state index is 12.9. The first kappa shape index (κ1) is 14.3. The number of alkyl halides is 3. The van der Waals surface area contributed by atoms with Crippen LogP contribution in [0.1, 0.15) is 18.4 Å². The van der Waals surface area contributed by atoms with Gasteiger partial charge in [0, 0.05) is 0 Å². The summed E-state index contributed by atoms with van der Waals surface area (Å²) in [5.74, 6) is -1.34. The smallest absolute Gasteiger partial charge is 0.274 e. The molecule has 3 aliphatic carbocycles. The van der Waals surface area contributed by atoms with Gasteiger partial charge >= 0.3 is 6.18 Å². The lowest BCUT2D eigenvalue weighted by molar-refractivity contribution is -0.137. The summed E-state index contributed by atoms with van der Waals surface area (Å²) in [6.45, 7) is 0. The fraction of sp³-hybridized carbons (Fsp3) is 0.444. The lowest BCUT2D eigenvalue weighted by atomic mass is 9.85. The number of fused-ring (bicyclic) bond motifs is 3. The van der Waals surface area contributed by atoms with E-state index < -0.39 is 23.6 Å². The summed E-state index contributed by atoms with van der Waals surface area (Å²) in [4.78, 5) is 26.7. The van der Waals surface area contributed by atoms with Gasteiger partial charge in [0.2, 0.25) is 11.8 Å². The minimum Gasteiger partial charge on any atom is -0.274 e. The van der Waals surface area contributed by atoms with Gasteiger partial charge in [-0.05, 0) is 48.3 Å². The topological polar surface area (TPSA) is 37.4 Å². The van der Waals surface area contributed by atoms with Crippen LogP contribution in [0.25, 0.3) is 0 Å². The van der Waals surface area contributed by atoms with Gasteiger partial charge in [-0.15, -0.1) is 0 Å². The van der Waals surface area contributed by atoms with Gasteiger partial charge in [0.15, 0.2) is 0 Å². The number of hydrogen-bond acceptors (Lipinski definition) is 2. The van der Waals surface area contributed by atoms with Crippen LogP contribution >= 0.6 is 0 Å². The van der Waals surface area contributed by atoms with Crippen molar-refractivity contribution in [2.24, 2.45) is 29.1 Å². The quantitative estimate of drug-likeness (QED) is 0.583. The van der Waals surface area contributed by atoms with Crippen LogP contribution in [0.3, 0.4) is 0 Å². The number of carbonyl (C=O) groups is 2. The molecule has 1 aliphatic heterocycles. The van der Waals surface area contributed by atoms with Gasteiger partial charge in [0.1, 0.15) is 0 Å². The number of amides is 2. The van der Waals surface area contributed by atoms with Crippen molar-refractivity contribution in [1.82, 2.24) is 0 Å². The van der Waals surface area contributed by atoms with E-state index in [1.807, 2.05) is 12.2 Å². The molecule has 3 fully saturated rings. The minimum atomic E-state index is -4.50. The van der Waals surface area contributed by atoms with E-state index >= 15 is 0 Å². The van der Waals surface area contributed by atoms with Gasteiger partial charge in [0.25, 0.3) is 0 Å². The van der Waals surface area contributed by atoms with Crippen LogP contribution in [0.15, 0.2) is 36.4 Å². The summed E-state index contributed by atoms with van der Waals surface area (Å²) >= 11 is 0. The third kappa shape index (κ3) is 1.54. The van der Waals surface area contributed by atoms with Gasteiger partial charge in [-0.2, -0.15) is 13.2 Å². The Morgan fingerprint density at radius 3 is 2.08 bits per heavy atom. The lowest BCUT2D eigenvalue weighted by Crippen LogP contribution is -2.34. The first-order chi connectivity index (χ1) is 11.3. The highest BCUT2D eigenvalue weighted by atomic mass is 19.4. The molecule has 0 unspecified atom stereocenters.